The van der Waals surface area contributed by atoms with Crippen molar-refractivity contribution in [2.24, 2.45) is 7.05 Å². The number of ether oxygens (including phenoxy) is 1. The number of fused-ring (bicyclic) bond motifs is 1. The Morgan fingerprint density at radius 1 is 0.882 bits per heavy atom. The Morgan fingerprint density at radius 2 is 1.56 bits per heavy atom. The van der Waals surface area contributed by atoms with Crippen LogP contribution in [0.2, 0.25) is 0 Å². The first kappa shape index (κ1) is 23.4. The van der Waals surface area contributed by atoms with E-state index in [-0.39, 0.29) is 44.8 Å². The summed E-state index contributed by atoms with van der Waals surface area (Å²) < 4.78 is 75.4. The van der Waals surface area contributed by atoms with Gasteiger partial charge in [-0.05, 0) is 60.8 Å². The fourth-order valence-corrected chi connectivity index (χ4v) is 4.10. The van der Waals surface area contributed by atoms with Crippen LogP contribution < -0.4 is 15.0 Å². The van der Waals surface area contributed by atoms with Crippen molar-refractivity contribution >= 4 is 26.5 Å². The zero-order valence-corrected chi connectivity index (χ0v) is 18.9. The van der Waals surface area contributed by atoms with E-state index >= 15 is 0 Å². The summed E-state index contributed by atoms with van der Waals surface area (Å²) >= 11 is 0. The SMILES string of the molecule is CCS(=O)(=O)Nc1ccc(Oc2ccc(F)cc2F)c(-c2cn(C)c(=O)c3ccc(F)cc23)c1. The van der Waals surface area contributed by atoms with Crippen LogP contribution in [0, 0.1) is 17.5 Å². The van der Waals surface area contributed by atoms with E-state index in [0.717, 1.165) is 18.2 Å². The summed E-state index contributed by atoms with van der Waals surface area (Å²) in [6, 6.07) is 10.7. The van der Waals surface area contributed by atoms with Gasteiger partial charge in [-0.2, -0.15) is 0 Å². The number of pyridine rings is 1. The molecule has 0 amide bonds. The smallest absolute Gasteiger partial charge is 0.258 e. The van der Waals surface area contributed by atoms with Gasteiger partial charge in [-0.25, -0.2) is 21.6 Å². The highest BCUT2D eigenvalue weighted by molar-refractivity contribution is 7.92. The van der Waals surface area contributed by atoms with E-state index in [2.05, 4.69) is 4.72 Å². The largest absolute Gasteiger partial charge is 0.454 e. The van der Waals surface area contributed by atoms with Crippen LogP contribution >= 0.6 is 0 Å². The molecule has 0 atom stereocenters. The molecule has 3 aromatic carbocycles. The van der Waals surface area contributed by atoms with Crippen molar-refractivity contribution in [3.05, 3.63) is 88.6 Å². The summed E-state index contributed by atoms with van der Waals surface area (Å²) in [5.41, 5.74) is 0.411. The molecule has 34 heavy (non-hydrogen) atoms. The van der Waals surface area contributed by atoms with Crippen LogP contribution in [0.1, 0.15) is 6.92 Å². The molecule has 0 aliphatic heterocycles. The highest BCUT2D eigenvalue weighted by Crippen LogP contribution is 2.39. The number of rotatable bonds is 6. The molecule has 10 heteroatoms. The molecule has 0 radical (unpaired) electrons. The van der Waals surface area contributed by atoms with Crippen LogP contribution in [-0.4, -0.2) is 18.7 Å². The number of aryl methyl sites for hydroxylation is 1. The number of benzene rings is 3. The van der Waals surface area contributed by atoms with Crippen molar-refractivity contribution in [2.45, 2.75) is 6.92 Å². The third-order valence-electron chi connectivity index (χ3n) is 5.18. The molecule has 0 saturated carbocycles. The van der Waals surface area contributed by atoms with Crippen molar-refractivity contribution in [1.82, 2.24) is 4.57 Å². The number of nitrogens with zero attached hydrogens (tertiary/aromatic N) is 1. The molecule has 6 nitrogen and oxygen atoms in total. The molecule has 0 unspecified atom stereocenters. The van der Waals surface area contributed by atoms with Crippen LogP contribution in [0.3, 0.4) is 0 Å². The fraction of sp³-hybridized carbons (Fsp3) is 0.125. The number of hydrogen-bond acceptors (Lipinski definition) is 4. The van der Waals surface area contributed by atoms with Crippen LogP contribution in [0.25, 0.3) is 21.9 Å². The lowest BCUT2D eigenvalue weighted by Gasteiger charge is -2.17. The second-order valence-electron chi connectivity index (χ2n) is 7.54. The molecule has 1 heterocycles. The highest BCUT2D eigenvalue weighted by atomic mass is 32.2. The fourth-order valence-electron chi connectivity index (χ4n) is 3.47. The topological polar surface area (TPSA) is 77.4 Å². The Labute approximate surface area is 193 Å². The minimum absolute atomic E-state index is 0.0779. The Hall–Kier alpha value is -3.79. The second-order valence-corrected chi connectivity index (χ2v) is 9.55. The molecular weight excluding hydrogens is 469 g/mol. The van der Waals surface area contributed by atoms with Crippen molar-refractivity contribution < 1.29 is 26.3 Å². The van der Waals surface area contributed by atoms with Crippen molar-refractivity contribution in [2.75, 3.05) is 10.5 Å². The first-order valence-electron chi connectivity index (χ1n) is 10.1. The average Bonchev–Trinajstić information content (AvgIpc) is 2.79. The third kappa shape index (κ3) is 4.62. The van der Waals surface area contributed by atoms with E-state index in [0.29, 0.717) is 11.6 Å². The zero-order valence-electron chi connectivity index (χ0n) is 18.1. The van der Waals surface area contributed by atoms with Gasteiger partial charge in [-0.3, -0.25) is 9.52 Å². The first-order valence-corrected chi connectivity index (χ1v) is 11.8. The van der Waals surface area contributed by atoms with Crippen molar-refractivity contribution in [3.63, 3.8) is 0 Å². The van der Waals surface area contributed by atoms with Gasteiger partial charge in [0.25, 0.3) is 5.56 Å². The Kier molecular flexibility index (Phi) is 6.09. The minimum Gasteiger partial charge on any atom is -0.454 e. The Balaban J connectivity index is 1.98. The zero-order chi connectivity index (χ0) is 24.6. The maximum atomic E-state index is 14.3. The van der Waals surface area contributed by atoms with Gasteiger partial charge in [0.1, 0.15) is 17.4 Å². The maximum absolute atomic E-state index is 14.3. The summed E-state index contributed by atoms with van der Waals surface area (Å²) in [6.45, 7) is 1.47. The van der Waals surface area contributed by atoms with E-state index in [1.54, 1.807) is 0 Å². The second kappa shape index (κ2) is 8.86. The Bertz CT molecular complexity index is 1580. The van der Waals surface area contributed by atoms with Crippen molar-refractivity contribution in [3.8, 4) is 22.6 Å². The van der Waals surface area contributed by atoms with Crippen LogP contribution in [0.4, 0.5) is 18.9 Å². The standard InChI is InChI=1S/C24H19F3N2O4S/c1-3-34(31,32)28-16-6-9-22(33-23-8-5-15(26)11-21(23)27)19(12-16)20-13-29(2)24(30)17-7-4-14(25)10-18(17)20/h4-13,28H,3H2,1-2H3. The van der Waals surface area contributed by atoms with E-state index < -0.39 is 27.5 Å². The molecule has 4 aromatic rings. The van der Waals surface area contributed by atoms with Crippen LogP contribution in [-0.2, 0) is 17.1 Å². The van der Waals surface area contributed by atoms with Gasteiger partial charge < -0.3 is 9.30 Å². The minimum atomic E-state index is -3.63. The summed E-state index contributed by atoms with van der Waals surface area (Å²) in [6.07, 6.45) is 1.45. The lowest BCUT2D eigenvalue weighted by Crippen LogP contribution is -2.17. The van der Waals surface area contributed by atoms with Gasteiger partial charge >= 0.3 is 0 Å². The number of aromatic nitrogens is 1. The van der Waals surface area contributed by atoms with Gasteiger partial charge in [-0.15, -0.1) is 0 Å². The monoisotopic (exact) mass is 488 g/mol. The summed E-state index contributed by atoms with van der Waals surface area (Å²) in [5, 5.41) is 0.475. The number of sulfonamides is 1. The first-order chi connectivity index (χ1) is 16.1. The molecule has 1 aromatic heterocycles. The maximum Gasteiger partial charge on any atom is 0.258 e. The predicted molar refractivity (Wildman–Crippen MR) is 124 cm³/mol. The molecule has 1 N–H and O–H groups in total. The van der Waals surface area contributed by atoms with Crippen LogP contribution in [0.15, 0.2) is 65.6 Å². The average molecular weight is 488 g/mol. The number of nitrogens with one attached hydrogen (secondary N) is 1. The van der Waals surface area contributed by atoms with Crippen LogP contribution in [0.5, 0.6) is 11.5 Å². The Morgan fingerprint density at radius 3 is 2.26 bits per heavy atom. The highest BCUT2D eigenvalue weighted by Gasteiger charge is 2.18. The lowest BCUT2D eigenvalue weighted by atomic mass is 9.99. The molecule has 4 rings (SSSR count). The van der Waals surface area contributed by atoms with E-state index in [9.17, 15) is 26.4 Å². The molecule has 0 saturated heterocycles. The van der Waals surface area contributed by atoms with Gasteiger partial charge in [0.15, 0.2) is 11.6 Å². The van der Waals surface area contributed by atoms with Gasteiger partial charge in [0, 0.05) is 41.5 Å². The third-order valence-corrected chi connectivity index (χ3v) is 6.49. The molecule has 176 valence electrons. The normalized spacial score (nSPS) is 11.6. The lowest BCUT2D eigenvalue weighted by molar-refractivity contribution is 0.439. The number of halogens is 3. The van der Waals surface area contributed by atoms with E-state index in [4.69, 9.17) is 4.74 Å². The van der Waals surface area contributed by atoms with Gasteiger partial charge in [0.2, 0.25) is 10.0 Å². The molecular formula is C24H19F3N2O4S. The quantitative estimate of drug-likeness (QED) is 0.406. The number of anilines is 1. The summed E-state index contributed by atoms with van der Waals surface area (Å²) in [4.78, 5) is 12.6. The van der Waals surface area contributed by atoms with E-state index in [1.807, 2.05) is 0 Å². The number of hydrogen-bond donors (Lipinski definition) is 1. The molecule has 0 fully saturated rings. The van der Waals surface area contributed by atoms with Crippen molar-refractivity contribution in [1.29, 1.82) is 0 Å². The summed E-state index contributed by atoms with van der Waals surface area (Å²) in [5.74, 6) is -2.68. The molecule has 0 bridgehead atoms. The van der Waals surface area contributed by atoms with Gasteiger partial charge in [0.05, 0.1) is 5.75 Å². The van der Waals surface area contributed by atoms with E-state index in [1.165, 1.54) is 55.1 Å². The summed E-state index contributed by atoms with van der Waals surface area (Å²) in [7, 11) is -2.11. The molecule has 0 spiro atoms. The predicted octanol–water partition coefficient (Wildman–Crippen LogP) is 5.18. The van der Waals surface area contributed by atoms with Gasteiger partial charge in [-0.1, -0.05) is 0 Å². The molecule has 0 aliphatic rings. The molecule has 0 aliphatic carbocycles.